The van der Waals surface area contributed by atoms with E-state index in [2.05, 4.69) is 25.3 Å². The first kappa shape index (κ1) is 19.0. The van der Waals surface area contributed by atoms with Crippen LogP contribution in [-0.4, -0.2) is 26.5 Å². The molecular weight excluding hydrogens is 362 g/mol. The van der Waals surface area contributed by atoms with Gasteiger partial charge in [-0.3, -0.25) is 0 Å². The molecule has 2 heterocycles. The minimum absolute atomic E-state index is 0.367. The number of benzene rings is 1. The van der Waals surface area contributed by atoms with Gasteiger partial charge in [-0.05, 0) is 57.9 Å². The average molecular weight is 384 g/mol. The van der Waals surface area contributed by atoms with Crippen LogP contribution in [0.15, 0.2) is 30.3 Å². The highest BCUT2D eigenvalue weighted by molar-refractivity contribution is 6.33. The molecule has 1 N–H and O–H groups in total. The van der Waals surface area contributed by atoms with Crippen LogP contribution in [0.1, 0.15) is 28.5 Å². The Bertz CT molecular complexity index is 924. The number of aryl methyl sites for hydroxylation is 4. The van der Waals surface area contributed by atoms with Crippen molar-refractivity contribution in [2.24, 2.45) is 0 Å². The predicted molar refractivity (Wildman–Crippen MR) is 107 cm³/mol. The quantitative estimate of drug-likeness (QED) is 0.670. The number of hydrogen-bond acceptors (Lipinski definition) is 6. The van der Waals surface area contributed by atoms with E-state index in [0.717, 1.165) is 30.0 Å². The van der Waals surface area contributed by atoms with Gasteiger partial charge < -0.3 is 10.1 Å². The van der Waals surface area contributed by atoms with Gasteiger partial charge in [0.25, 0.3) is 0 Å². The molecule has 0 amide bonds. The van der Waals surface area contributed by atoms with Crippen LogP contribution in [0.2, 0.25) is 5.02 Å². The molecule has 7 heteroatoms. The molecule has 140 valence electrons. The number of ether oxygens (including phenoxy) is 1. The van der Waals surface area contributed by atoms with Crippen molar-refractivity contribution >= 4 is 17.4 Å². The SMILES string of the molecule is Cc1cc(C)nc(Oc2ccc(CCNc3nc(C)nc(C)c3Cl)cc2)n1. The van der Waals surface area contributed by atoms with E-state index in [4.69, 9.17) is 16.3 Å². The van der Waals surface area contributed by atoms with Crippen LogP contribution in [0.25, 0.3) is 0 Å². The smallest absolute Gasteiger partial charge is 0.322 e. The lowest BCUT2D eigenvalue weighted by Gasteiger charge is -2.10. The predicted octanol–water partition coefficient (Wildman–Crippen LogP) is 4.60. The van der Waals surface area contributed by atoms with Crippen molar-refractivity contribution < 1.29 is 4.74 Å². The molecule has 0 unspecified atom stereocenters. The number of halogens is 1. The summed E-state index contributed by atoms with van der Waals surface area (Å²) in [6.45, 7) is 8.29. The van der Waals surface area contributed by atoms with Crippen LogP contribution in [0.5, 0.6) is 11.8 Å². The minimum atomic E-state index is 0.367. The Balaban J connectivity index is 1.58. The maximum Gasteiger partial charge on any atom is 0.322 e. The first-order chi connectivity index (χ1) is 12.9. The van der Waals surface area contributed by atoms with Gasteiger partial charge in [-0.15, -0.1) is 0 Å². The number of nitrogens with one attached hydrogen (secondary N) is 1. The molecule has 2 aromatic heterocycles. The molecule has 0 saturated heterocycles. The van der Waals surface area contributed by atoms with E-state index in [0.29, 0.717) is 28.4 Å². The van der Waals surface area contributed by atoms with E-state index >= 15 is 0 Å². The standard InChI is InChI=1S/C20H22ClN5O/c1-12-11-13(2)24-20(23-12)27-17-7-5-16(6-8-17)9-10-22-19-18(21)14(3)25-15(4)26-19/h5-8,11H,9-10H2,1-4H3,(H,22,25,26). The third kappa shape index (κ3) is 5.14. The van der Waals surface area contributed by atoms with Crippen LogP contribution in [0, 0.1) is 27.7 Å². The normalized spacial score (nSPS) is 10.7. The molecule has 0 radical (unpaired) electrons. The van der Waals surface area contributed by atoms with Gasteiger partial charge >= 0.3 is 6.01 Å². The number of nitrogens with zero attached hydrogens (tertiary/aromatic N) is 4. The molecule has 0 aliphatic carbocycles. The van der Waals surface area contributed by atoms with E-state index in [1.165, 1.54) is 5.56 Å². The summed E-state index contributed by atoms with van der Waals surface area (Å²) in [5.41, 5.74) is 3.72. The molecule has 27 heavy (non-hydrogen) atoms. The zero-order valence-corrected chi connectivity index (χ0v) is 16.6. The van der Waals surface area contributed by atoms with Crippen molar-refractivity contribution in [2.75, 3.05) is 11.9 Å². The maximum atomic E-state index is 6.25. The summed E-state index contributed by atoms with van der Waals surface area (Å²) in [6.07, 6.45) is 0.832. The topological polar surface area (TPSA) is 72.8 Å². The van der Waals surface area contributed by atoms with Gasteiger partial charge in [0.2, 0.25) is 0 Å². The first-order valence-electron chi connectivity index (χ1n) is 8.74. The molecule has 0 saturated carbocycles. The van der Waals surface area contributed by atoms with Crippen molar-refractivity contribution in [3.63, 3.8) is 0 Å². The number of aromatic nitrogens is 4. The highest BCUT2D eigenvalue weighted by Gasteiger charge is 2.07. The molecule has 3 aromatic rings. The fourth-order valence-corrected chi connectivity index (χ4v) is 2.86. The molecule has 1 aromatic carbocycles. The molecule has 0 spiro atoms. The van der Waals surface area contributed by atoms with Gasteiger partial charge in [-0.1, -0.05) is 23.7 Å². The Morgan fingerprint density at radius 2 is 1.59 bits per heavy atom. The van der Waals surface area contributed by atoms with E-state index in [1.54, 1.807) is 0 Å². The maximum absolute atomic E-state index is 6.25. The molecule has 0 aliphatic rings. The van der Waals surface area contributed by atoms with Crippen molar-refractivity contribution in [1.29, 1.82) is 0 Å². The van der Waals surface area contributed by atoms with Crippen LogP contribution in [0.4, 0.5) is 5.82 Å². The van der Waals surface area contributed by atoms with Crippen molar-refractivity contribution in [3.05, 3.63) is 63.8 Å². The summed E-state index contributed by atoms with van der Waals surface area (Å²) >= 11 is 6.25. The van der Waals surface area contributed by atoms with Crippen LogP contribution >= 0.6 is 11.6 Å². The highest BCUT2D eigenvalue weighted by atomic mass is 35.5. The molecule has 3 rings (SSSR count). The van der Waals surface area contributed by atoms with Gasteiger partial charge in [0.15, 0.2) is 0 Å². The Hall–Kier alpha value is -2.73. The lowest BCUT2D eigenvalue weighted by Crippen LogP contribution is -2.09. The zero-order valence-electron chi connectivity index (χ0n) is 15.9. The lowest BCUT2D eigenvalue weighted by molar-refractivity contribution is 0.438. The van der Waals surface area contributed by atoms with Gasteiger partial charge in [-0.25, -0.2) is 19.9 Å². The third-order valence-electron chi connectivity index (χ3n) is 3.93. The summed E-state index contributed by atoms with van der Waals surface area (Å²) in [4.78, 5) is 17.2. The summed E-state index contributed by atoms with van der Waals surface area (Å²) in [7, 11) is 0. The largest absolute Gasteiger partial charge is 0.424 e. The molecular formula is C20H22ClN5O. The Morgan fingerprint density at radius 1 is 0.926 bits per heavy atom. The Morgan fingerprint density at radius 3 is 2.26 bits per heavy atom. The van der Waals surface area contributed by atoms with E-state index in [1.807, 2.05) is 58.0 Å². The average Bonchev–Trinajstić information content (AvgIpc) is 2.59. The summed E-state index contributed by atoms with van der Waals surface area (Å²) in [6, 6.07) is 10.2. The zero-order chi connectivity index (χ0) is 19.4. The second-order valence-corrected chi connectivity index (χ2v) is 6.75. The fraction of sp³-hybridized carbons (Fsp3) is 0.300. The van der Waals surface area contributed by atoms with E-state index < -0.39 is 0 Å². The molecule has 6 nitrogen and oxygen atoms in total. The first-order valence-corrected chi connectivity index (χ1v) is 9.12. The molecule has 0 bridgehead atoms. The third-order valence-corrected chi connectivity index (χ3v) is 4.38. The van der Waals surface area contributed by atoms with E-state index in [9.17, 15) is 0 Å². The van der Waals surface area contributed by atoms with Crippen LogP contribution in [-0.2, 0) is 6.42 Å². The monoisotopic (exact) mass is 383 g/mol. The number of anilines is 1. The molecule has 0 aliphatic heterocycles. The second kappa shape index (κ2) is 8.31. The van der Waals surface area contributed by atoms with Gasteiger partial charge in [0.05, 0.1) is 5.69 Å². The summed E-state index contributed by atoms with van der Waals surface area (Å²) < 4.78 is 5.74. The molecule has 0 fully saturated rings. The Kier molecular flexibility index (Phi) is 5.86. The van der Waals surface area contributed by atoms with Crippen LogP contribution in [0.3, 0.4) is 0 Å². The lowest BCUT2D eigenvalue weighted by atomic mass is 10.1. The number of rotatable bonds is 6. The van der Waals surface area contributed by atoms with Crippen molar-refractivity contribution in [1.82, 2.24) is 19.9 Å². The second-order valence-electron chi connectivity index (χ2n) is 6.37. The summed E-state index contributed by atoms with van der Waals surface area (Å²) in [5, 5.41) is 3.84. The minimum Gasteiger partial charge on any atom is -0.424 e. The fourth-order valence-electron chi connectivity index (χ4n) is 2.71. The van der Waals surface area contributed by atoms with Crippen molar-refractivity contribution in [3.8, 4) is 11.8 Å². The Labute approximate surface area is 164 Å². The summed E-state index contributed by atoms with van der Waals surface area (Å²) in [5.74, 6) is 2.09. The molecule has 0 atom stereocenters. The van der Waals surface area contributed by atoms with Crippen molar-refractivity contribution in [2.45, 2.75) is 34.1 Å². The highest BCUT2D eigenvalue weighted by Crippen LogP contribution is 2.22. The van der Waals surface area contributed by atoms with Crippen LogP contribution < -0.4 is 10.1 Å². The van der Waals surface area contributed by atoms with Gasteiger partial charge in [0.1, 0.15) is 22.4 Å². The number of hydrogen-bond donors (Lipinski definition) is 1. The van der Waals surface area contributed by atoms with E-state index in [-0.39, 0.29) is 0 Å². The van der Waals surface area contributed by atoms with Gasteiger partial charge in [-0.2, -0.15) is 0 Å². The van der Waals surface area contributed by atoms with Gasteiger partial charge in [0, 0.05) is 17.9 Å².